The van der Waals surface area contributed by atoms with Gasteiger partial charge in [-0.15, -0.1) is 23.4 Å². The zero-order valence-corrected chi connectivity index (χ0v) is 12.0. The molecule has 102 valence electrons. The number of rotatable bonds is 6. The molecule has 0 saturated heterocycles. The van der Waals surface area contributed by atoms with Gasteiger partial charge in [-0.3, -0.25) is 0 Å². The first-order valence-electron chi connectivity index (χ1n) is 5.18. The monoisotopic (exact) mass is 314 g/mol. The maximum absolute atomic E-state index is 12.3. The lowest BCUT2D eigenvalue weighted by Crippen LogP contribution is -2.11. The van der Waals surface area contributed by atoms with Crippen LogP contribution in [0.2, 0.25) is 0 Å². The Morgan fingerprint density at radius 3 is 2.28 bits per heavy atom. The van der Waals surface area contributed by atoms with Crippen LogP contribution in [0.5, 0.6) is 0 Å². The van der Waals surface area contributed by atoms with E-state index in [4.69, 9.17) is 11.6 Å². The van der Waals surface area contributed by atoms with E-state index in [1.807, 2.05) is 6.92 Å². The fourth-order valence-electron chi connectivity index (χ4n) is 1.11. The van der Waals surface area contributed by atoms with E-state index < -0.39 is 15.6 Å². The van der Waals surface area contributed by atoms with Gasteiger partial charge < -0.3 is 0 Å². The van der Waals surface area contributed by atoms with E-state index in [1.54, 1.807) is 0 Å². The Labute approximate surface area is 115 Å². The summed E-state index contributed by atoms with van der Waals surface area (Å²) in [6.45, 7) is 2.00. The number of thioether (sulfide) groups is 1. The average Bonchev–Trinajstić information content (AvgIpc) is 2.36. The molecule has 0 N–H and O–H groups in total. The van der Waals surface area contributed by atoms with E-state index in [9.17, 15) is 17.2 Å². The molecule has 0 fully saturated rings. The van der Waals surface area contributed by atoms with Crippen LogP contribution in [0.15, 0.2) is 34.1 Å². The standard InChI is InChI=1S/C11H13ClF2O2S2/c1-8(6-12)7-17-9-2-4-10(5-3-9)18(15,16)11(13)14/h2-5,8,11H,6-7H2,1H3. The van der Waals surface area contributed by atoms with Gasteiger partial charge in [0.15, 0.2) is 0 Å². The van der Waals surface area contributed by atoms with E-state index >= 15 is 0 Å². The second kappa shape index (κ2) is 6.73. The lowest BCUT2D eigenvalue weighted by Gasteiger charge is -2.07. The summed E-state index contributed by atoms with van der Waals surface area (Å²) in [5, 5.41) is 0. The first-order chi connectivity index (χ1) is 8.37. The van der Waals surface area contributed by atoms with Gasteiger partial charge in [-0.1, -0.05) is 6.92 Å². The van der Waals surface area contributed by atoms with Crippen LogP contribution in [-0.4, -0.2) is 25.8 Å². The molecule has 0 aliphatic heterocycles. The van der Waals surface area contributed by atoms with Gasteiger partial charge in [-0.2, -0.15) is 8.78 Å². The number of hydrogen-bond donors (Lipinski definition) is 0. The third-order valence-corrected chi connectivity index (χ3v) is 5.45. The smallest absolute Gasteiger partial charge is 0.218 e. The Balaban J connectivity index is 2.75. The summed E-state index contributed by atoms with van der Waals surface area (Å²) in [6, 6.07) is 5.46. The second-order valence-corrected chi connectivity index (χ2v) is 7.17. The van der Waals surface area contributed by atoms with Crippen molar-refractivity contribution >= 4 is 33.2 Å². The van der Waals surface area contributed by atoms with Gasteiger partial charge in [0.05, 0.1) is 4.90 Å². The third kappa shape index (κ3) is 4.10. The number of alkyl halides is 3. The summed E-state index contributed by atoms with van der Waals surface area (Å²) in [6.07, 6.45) is 0. The normalized spacial score (nSPS) is 13.8. The van der Waals surface area contributed by atoms with Crippen LogP contribution in [0.1, 0.15) is 6.92 Å². The molecule has 0 bridgehead atoms. The highest BCUT2D eigenvalue weighted by atomic mass is 35.5. The molecular weight excluding hydrogens is 302 g/mol. The Morgan fingerprint density at radius 2 is 1.83 bits per heavy atom. The highest BCUT2D eigenvalue weighted by molar-refractivity contribution is 7.99. The molecule has 0 spiro atoms. The van der Waals surface area contributed by atoms with Crippen LogP contribution < -0.4 is 0 Å². The van der Waals surface area contributed by atoms with Crippen molar-refractivity contribution in [2.75, 3.05) is 11.6 Å². The van der Waals surface area contributed by atoms with E-state index in [1.165, 1.54) is 36.0 Å². The van der Waals surface area contributed by atoms with Crippen molar-refractivity contribution in [1.29, 1.82) is 0 Å². The quantitative estimate of drug-likeness (QED) is 0.594. The first-order valence-corrected chi connectivity index (χ1v) is 8.25. The summed E-state index contributed by atoms with van der Waals surface area (Å²) in [5.41, 5.74) is 0. The molecule has 0 heterocycles. The van der Waals surface area contributed by atoms with E-state index in [-0.39, 0.29) is 4.90 Å². The van der Waals surface area contributed by atoms with Crippen LogP contribution in [0, 0.1) is 5.92 Å². The zero-order valence-electron chi connectivity index (χ0n) is 9.65. The van der Waals surface area contributed by atoms with Gasteiger partial charge >= 0.3 is 5.76 Å². The molecule has 0 saturated carbocycles. The molecule has 2 nitrogen and oxygen atoms in total. The van der Waals surface area contributed by atoms with Crippen LogP contribution >= 0.6 is 23.4 Å². The molecule has 0 aliphatic rings. The summed E-state index contributed by atoms with van der Waals surface area (Å²) in [5.74, 6) is -1.71. The van der Waals surface area contributed by atoms with Gasteiger partial charge in [0.1, 0.15) is 0 Å². The minimum Gasteiger partial charge on any atom is -0.218 e. The predicted molar refractivity (Wildman–Crippen MR) is 70.2 cm³/mol. The Bertz CT molecular complexity index is 474. The molecule has 18 heavy (non-hydrogen) atoms. The molecule has 0 amide bonds. The largest absolute Gasteiger partial charge is 0.341 e. The fourth-order valence-corrected chi connectivity index (χ4v) is 2.99. The average molecular weight is 315 g/mol. The second-order valence-electron chi connectivity index (χ2n) is 3.85. The fraction of sp³-hybridized carbons (Fsp3) is 0.455. The van der Waals surface area contributed by atoms with Gasteiger partial charge in [-0.05, 0) is 30.2 Å². The maximum Gasteiger partial charge on any atom is 0.341 e. The SMILES string of the molecule is CC(CCl)CSc1ccc(S(=O)(=O)C(F)F)cc1. The van der Waals surface area contributed by atoms with Crippen molar-refractivity contribution in [2.24, 2.45) is 5.92 Å². The topological polar surface area (TPSA) is 34.1 Å². The lowest BCUT2D eigenvalue weighted by molar-refractivity contribution is 0.234. The number of halogens is 3. The Kier molecular flexibility index (Phi) is 5.88. The van der Waals surface area contributed by atoms with Gasteiger partial charge in [0.25, 0.3) is 0 Å². The molecule has 1 rings (SSSR count). The van der Waals surface area contributed by atoms with Crippen LogP contribution in [0.25, 0.3) is 0 Å². The van der Waals surface area contributed by atoms with Gasteiger partial charge in [0.2, 0.25) is 9.84 Å². The summed E-state index contributed by atoms with van der Waals surface area (Å²) in [4.78, 5) is 0.479. The van der Waals surface area contributed by atoms with Crippen molar-refractivity contribution in [3.63, 3.8) is 0 Å². The molecule has 1 unspecified atom stereocenters. The lowest BCUT2D eigenvalue weighted by atomic mass is 10.3. The van der Waals surface area contributed by atoms with Gasteiger partial charge in [0, 0.05) is 16.5 Å². The predicted octanol–water partition coefficient (Wildman–Crippen LogP) is 3.65. The molecule has 1 atom stereocenters. The number of sulfone groups is 1. The van der Waals surface area contributed by atoms with E-state index in [2.05, 4.69) is 0 Å². The van der Waals surface area contributed by atoms with E-state index in [0.717, 1.165) is 10.6 Å². The van der Waals surface area contributed by atoms with Crippen LogP contribution in [0.4, 0.5) is 8.78 Å². The molecule has 0 aliphatic carbocycles. The van der Waals surface area contributed by atoms with Crippen molar-refractivity contribution in [2.45, 2.75) is 22.5 Å². The highest BCUT2D eigenvalue weighted by Gasteiger charge is 2.26. The molecular formula is C11H13ClF2O2S2. The molecule has 0 aromatic heterocycles. The van der Waals surface area contributed by atoms with Crippen molar-refractivity contribution in [3.05, 3.63) is 24.3 Å². The molecule has 1 aromatic rings. The zero-order chi connectivity index (χ0) is 13.8. The third-order valence-electron chi connectivity index (χ3n) is 2.18. The van der Waals surface area contributed by atoms with E-state index in [0.29, 0.717) is 11.8 Å². The maximum atomic E-state index is 12.3. The van der Waals surface area contributed by atoms with Crippen molar-refractivity contribution in [3.8, 4) is 0 Å². The summed E-state index contributed by atoms with van der Waals surface area (Å²) in [7, 11) is -4.49. The summed E-state index contributed by atoms with van der Waals surface area (Å²) < 4.78 is 46.9. The minimum atomic E-state index is -4.49. The number of benzene rings is 1. The van der Waals surface area contributed by atoms with Crippen molar-refractivity contribution in [1.82, 2.24) is 0 Å². The Hall–Kier alpha value is -0.330. The minimum absolute atomic E-state index is 0.334. The van der Waals surface area contributed by atoms with Crippen molar-refractivity contribution < 1.29 is 17.2 Å². The van der Waals surface area contributed by atoms with Crippen LogP contribution in [-0.2, 0) is 9.84 Å². The molecule has 0 radical (unpaired) electrons. The highest BCUT2D eigenvalue weighted by Crippen LogP contribution is 2.24. The molecule has 7 heteroatoms. The number of hydrogen-bond acceptors (Lipinski definition) is 3. The van der Waals surface area contributed by atoms with Gasteiger partial charge in [-0.25, -0.2) is 8.42 Å². The Morgan fingerprint density at radius 1 is 1.28 bits per heavy atom. The summed E-state index contributed by atoms with van der Waals surface area (Å²) >= 11 is 7.18. The first kappa shape index (κ1) is 15.7. The molecule has 1 aromatic carbocycles. The van der Waals surface area contributed by atoms with Crippen LogP contribution in [0.3, 0.4) is 0 Å².